The number of aromatic nitrogens is 4. The number of benzene rings is 3. The molecule has 0 bridgehead atoms. The molecule has 3 aromatic carbocycles. The second-order valence-electron chi connectivity index (χ2n) is 7.64. The Morgan fingerprint density at radius 3 is 2.40 bits per heavy atom. The summed E-state index contributed by atoms with van der Waals surface area (Å²) in [7, 11) is 3.34. The highest BCUT2D eigenvalue weighted by Gasteiger charge is 2.11. The molecule has 1 heterocycles. The lowest BCUT2D eigenvalue weighted by molar-refractivity contribution is -0.113. The fourth-order valence-electron chi connectivity index (χ4n) is 3.39. The first kappa shape index (κ1) is 24.0. The molecule has 2 amide bonds. The number of methoxy groups -OCH3 is 1. The average molecular weight is 489 g/mol. The van der Waals surface area contributed by atoms with Gasteiger partial charge in [-0.05, 0) is 58.5 Å². The SMILES string of the molecule is COc1ccc(NC(=O)c2ccc(NC(=O)CSc3nnnn3C)cc2)cc1Cc1ccccc1. The summed E-state index contributed by atoms with van der Waals surface area (Å²) < 4.78 is 6.99. The van der Waals surface area contributed by atoms with Gasteiger partial charge in [0.25, 0.3) is 5.91 Å². The molecule has 4 aromatic rings. The van der Waals surface area contributed by atoms with E-state index in [1.54, 1.807) is 38.4 Å². The Morgan fingerprint density at radius 1 is 0.971 bits per heavy atom. The number of nitrogens with one attached hydrogen (secondary N) is 2. The molecule has 0 aliphatic carbocycles. The molecular formula is C25H24N6O3S. The molecule has 0 spiro atoms. The number of hydrogen-bond acceptors (Lipinski definition) is 7. The Bertz CT molecular complexity index is 1310. The number of nitrogens with zero attached hydrogens (tertiary/aromatic N) is 4. The van der Waals surface area contributed by atoms with Crippen molar-refractivity contribution in [2.45, 2.75) is 11.6 Å². The Balaban J connectivity index is 1.36. The van der Waals surface area contributed by atoms with Crippen molar-refractivity contribution in [3.8, 4) is 5.75 Å². The van der Waals surface area contributed by atoms with Gasteiger partial charge in [0, 0.05) is 36.0 Å². The van der Waals surface area contributed by atoms with Crippen molar-refractivity contribution in [3.05, 3.63) is 89.5 Å². The Labute approximate surface area is 206 Å². The van der Waals surface area contributed by atoms with Gasteiger partial charge in [0.1, 0.15) is 5.75 Å². The minimum atomic E-state index is -0.246. The number of hydrogen-bond donors (Lipinski definition) is 2. The normalized spacial score (nSPS) is 10.6. The second-order valence-corrected chi connectivity index (χ2v) is 8.58. The van der Waals surface area contributed by atoms with E-state index in [4.69, 9.17) is 4.74 Å². The summed E-state index contributed by atoms with van der Waals surface area (Å²) in [5, 5.41) is 17.4. The Hall–Kier alpha value is -4.18. The Morgan fingerprint density at radius 2 is 1.71 bits per heavy atom. The molecule has 10 heteroatoms. The summed E-state index contributed by atoms with van der Waals surface area (Å²) in [5.41, 5.74) is 3.87. The van der Waals surface area contributed by atoms with Crippen molar-refractivity contribution in [1.82, 2.24) is 20.2 Å². The maximum Gasteiger partial charge on any atom is 0.255 e. The molecule has 0 saturated heterocycles. The molecule has 0 atom stereocenters. The van der Waals surface area contributed by atoms with Gasteiger partial charge in [-0.25, -0.2) is 4.68 Å². The lowest BCUT2D eigenvalue weighted by Crippen LogP contribution is -2.15. The molecule has 0 unspecified atom stereocenters. The van der Waals surface area contributed by atoms with Crippen LogP contribution in [-0.4, -0.2) is 44.9 Å². The van der Waals surface area contributed by atoms with Crippen molar-refractivity contribution >= 4 is 35.0 Å². The first-order valence-corrected chi connectivity index (χ1v) is 11.8. The summed E-state index contributed by atoms with van der Waals surface area (Å²) in [6, 6.07) is 22.4. The fraction of sp³-hybridized carbons (Fsp3) is 0.160. The number of carbonyl (C=O) groups is 2. The summed E-state index contributed by atoms with van der Waals surface area (Å²) in [6.07, 6.45) is 0.688. The summed E-state index contributed by atoms with van der Waals surface area (Å²) >= 11 is 1.24. The van der Waals surface area contributed by atoms with Crippen LogP contribution in [0, 0.1) is 0 Å². The predicted octanol–water partition coefficient (Wildman–Crippen LogP) is 3.79. The first-order valence-electron chi connectivity index (χ1n) is 10.8. The fourth-order valence-corrected chi connectivity index (χ4v) is 4.04. The molecule has 0 radical (unpaired) electrons. The van der Waals surface area contributed by atoms with Gasteiger partial charge in [-0.15, -0.1) is 5.10 Å². The standard InChI is InChI=1S/C25H24N6O3S/c1-31-25(28-29-30-31)35-16-23(32)26-20-10-8-18(9-11-20)24(33)27-21-12-13-22(34-2)19(15-21)14-17-6-4-3-5-7-17/h3-13,15H,14,16H2,1-2H3,(H,26,32)(H,27,33). The van der Waals surface area contributed by atoms with E-state index in [0.717, 1.165) is 16.9 Å². The highest BCUT2D eigenvalue weighted by Crippen LogP contribution is 2.26. The van der Waals surface area contributed by atoms with E-state index in [1.165, 1.54) is 16.4 Å². The van der Waals surface area contributed by atoms with Crippen molar-refractivity contribution in [2.24, 2.45) is 7.05 Å². The number of carbonyl (C=O) groups excluding carboxylic acids is 2. The van der Waals surface area contributed by atoms with Gasteiger partial charge in [0.15, 0.2) is 0 Å². The zero-order chi connectivity index (χ0) is 24.6. The quantitative estimate of drug-likeness (QED) is 0.345. The van der Waals surface area contributed by atoms with Crippen molar-refractivity contribution in [1.29, 1.82) is 0 Å². The lowest BCUT2D eigenvalue weighted by atomic mass is 10.0. The predicted molar refractivity (Wildman–Crippen MR) is 135 cm³/mol. The first-order chi connectivity index (χ1) is 17.0. The zero-order valence-corrected chi connectivity index (χ0v) is 20.1. The van der Waals surface area contributed by atoms with Crippen LogP contribution in [-0.2, 0) is 18.3 Å². The van der Waals surface area contributed by atoms with Crippen LogP contribution in [0.3, 0.4) is 0 Å². The second kappa shape index (κ2) is 11.3. The van der Waals surface area contributed by atoms with E-state index in [-0.39, 0.29) is 17.6 Å². The number of thioether (sulfide) groups is 1. The van der Waals surface area contributed by atoms with Crippen molar-refractivity contribution in [3.63, 3.8) is 0 Å². The lowest BCUT2D eigenvalue weighted by Gasteiger charge is -2.12. The molecule has 0 aliphatic rings. The highest BCUT2D eigenvalue weighted by molar-refractivity contribution is 7.99. The van der Waals surface area contributed by atoms with Gasteiger partial charge in [0.05, 0.1) is 12.9 Å². The van der Waals surface area contributed by atoms with Gasteiger partial charge in [-0.1, -0.05) is 42.1 Å². The summed E-state index contributed by atoms with van der Waals surface area (Å²) in [6.45, 7) is 0. The van der Waals surface area contributed by atoms with Gasteiger partial charge in [0.2, 0.25) is 11.1 Å². The van der Waals surface area contributed by atoms with Crippen LogP contribution in [0.4, 0.5) is 11.4 Å². The van der Waals surface area contributed by atoms with Crippen LogP contribution in [0.15, 0.2) is 78.0 Å². The number of tetrazole rings is 1. The number of ether oxygens (including phenoxy) is 1. The van der Waals surface area contributed by atoms with E-state index in [1.807, 2.05) is 36.4 Å². The van der Waals surface area contributed by atoms with E-state index in [9.17, 15) is 9.59 Å². The van der Waals surface area contributed by atoms with E-state index >= 15 is 0 Å². The van der Waals surface area contributed by atoms with E-state index in [0.29, 0.717) is 28.5 Å². The molecule has 178 valence electrons. The largest absolute Gasteiger partial charge is 0.496 e. The monoisotopic (exact) mass is 488 g/mol. The smallest absolute Gasteiger partial charge is 0.255 e. The summed E-state index contributed by atoms with van der Waals surface area (Å²) in [5.74, 6) is 0.489. The van der Waals surface area contributed by atoms with Crippen LogP contribution >= 0.6 is 11.8 Å². The van der Waals surface area contributed by atoms with Crippen LogP contribution < -0.4 is 15.4 Å². The van der Waals surface area contributed by atoms with E-state index < -0.39 is 0 Å². The Kier molecular flexibility index (Phi) is 7.74. The molecule has 2 N–H and O–H groups in total. The maximum atomic E-state index is 12.8. The van der Waals surface area contributed by atoms with Crippen LogP contribution in [0.5, 0.6) is 5.75 Å². The molecule has 9 nitrogen and oxygen atoms in total. The maximum absolute atomic E-state index is 12.8. The summed E-state index contributed by atoms with van der Waals surface area (Å²) in [4.78, 5) is 25.0. The average Bonchev–Trinajstić information content (AvgIpc) is 3.28. The minimum Gasteiger partial charge on any atom is -0.496 e. The number of amides is 2. The molecule has 1 aromatic heterocycles. The van der Waals surface area contributed by atoms with Gasteiger partial charge >= 0.3 is 0 Å². The number of aryl methyl sites for hydroxylation is 1. The third kappa shape index (κ3) is 6.45. The highest BCUT2D eigenvalue weighted by atomic mass is 32.2. The van der Waals surface area contributed by atoms with Gasteiger partial charge in [-0.2, -0.15) is 0 Å². The van der Waals surface area contributed by atoms with Crippen LogP contribution in [0.25, 0.3) is 0 Å². The number of rotatable bonds is 9. The third-order valence-corrected chi connectivity index (χ3v) is 6.13. The minimum absolute atomic E-state index is 0.166. The van der Waals surface area contributed by atoms with Crippen LogP contribution in [0.1, 0.15) is 21.5 Å². The zero-order valence-electron chi connectivity index (χ0n) is 19.3. The third-order valence-electron chi connectivity index (χ3n) is 5.12. The molecular weight excluding hydrogens is 464 g/mol. The molecule has 35 heavy (non-hydrogen) atoms. The van der Waals surface area contributed by atoms with Crippen LogP contribution in [0.2, 0.25) is 0 Å². The topological polar surface area (TPSA) is 111 Å². The van der Waals surface area contributed by atoms with Gasteiger partial charge in [-0.3, -0.25) is 9.59 Å². The van der Waals surface area contributed by atoms with Crippen molar-refractivity contribution in [2.75, 3.05) is 23.5 Å². The molecule has 0 fully saturated rings. The molecule has 4 rings (SSSR count). The van der Waals surface area contributed by atoms with Gasteiger partial charge < -0.3 is 15.4 Å². The van der Waals surface area contributed by atoms with E-state index in [2.05, 4.69) is 38.3 Å². The molecule has 0 saturated carbocycles. The molecule has 0 aliphatic heterocycles. The number of anilines is 2. The van der Waals surface area contributed by atoms with Crippen molar-refractivity contribution < 1.29 is 14.3 Å².